The largest absolute Gasteiger partial charge is 0.456 e. The number of fused-ring (bicyclic) bond motifs is 1. The van der Waals surface area contributed by atoms with Crippen molar-refractivity contribution < 1.29 is 35.1 Å². The van der Waals surface area contributed by atoms with Crippen molar-refractivity contribution in [1.29, 1.82) is 0 Å². The number of para-hydroxylation sites is 2. The number of carbonyl (C=O) groups is 1. The van der Waals surface area contributed by atoms with Gasteiger partial charge in [-0.1, -0.05) is 35.0 Å². The Balaban J connectivity index is 2.03. The summed E-state index contributed by atoms with van der Waals surface area (Å²) < 4.78 is 72.5. The second-order valence-corrected chi connectivity index (χ2v) is 7.12. The maximum Gasteiger partial charge on any atom is 0.456 e. The second-order valence-electron chi connectivity index (χ2n) is 5.60. The van der Waals surface area contributed by atoms with Gasteiger partial charge in [0.15, 0.2) is 5.58 Å². The van der Waals surface area contributed by atoms with Gasteiger partial charge in [-0.2, -0.15) is 21.6 Å². The van der Waals surface area contributed by atoms with Crippen molar-refractivity contribution in [2.45, 2.75) is 18.0 Å². The van der Waals surface area contributed by atoms with Gasteiger partial charge < -0.3 is 4.42 Å². The van der Waals surface area contributed by atoms with E-state index < -0.39 is 33.7 Å². The number of carbonyl (C=O) groups excluding carboxylic acids is 1. The molecule has 146 valence electrons. The highest BCUT2D eigenvalue weighted by molar-refractivity contribution is 7.86. The standard InChI is InChI=1S/C17H11F3N2O5S/c1-10-6-8-11(9-7-10)28(24,25)27-22-14(15(23)17(18,19)20)16-21-12-4-2-3-5-13(12)26-16/h2-9H,1H3. The van der Waals surface area contributed by atoms with Crippen LogP contribution in [-0.4, -0.2) is 31.1 Å². The quantitative estimate of drug-likeness (QED) is 0.471. The molecular weight excluding hydrogens is 401 g/mol. The third kappa shape index (κ3) is 4.03. The molecule has 0 radical (unpaired) electrons. The molecule has 0 atom stereocenters. The van der Waals surface area contributed by atoms with E-state index in [2.05, 4.69) is 14.4 Å². The van der Waals surface area contributed by atoms with E-state index in [1.165, 1.54) is 42.5 Å². The van der Waals surface area contributed by atoms with Gasteiger partial charge in [0, 0.05) is 0 Å². The molecule has 28 heavy (non-hydrogen) atoms. The molecule has 0 bridgehead atoms. The molecule has 0 aliphatic heterocycles. The number of rotatable bonds is 5. The zero-order chi connectivity index (χ0) is 20.5. The lowest BCUT2D eigenvalue weighted by Gasteiger charge is -2.06. The number of ketones is 1. The lowest BCUT2D eigenvalue weighted by molar-refractivity contribution is -0.163. The number of aryl methyl sites for hydroxylation is 1. The van der Waals surface area contributed by atoms with Gasteiger partial charge >= 0.3 is 16.3 Å². The Morgan fingerprint density at radius 2 is 1.75 bits per heavy atom. The van der Waals surface area contributed by atoms with Crippen molar-refractivity contribution in [2.24, 2.45) is 5.16 Å². The fourth-order valence-corrected chi connectivity index (χ4v) is 2.85. The summed E-state index contributed by atoms with van der Waals surface area (Å²) in [6.07, 6.45) is -5.35. The Kier molecular flexibility index (Phi) is 4.94. The first-order valence-corrected chi connectivity index (χ1v) is 9.04. The van der Waals surface area contributed by atoms with Crippen LogP contribution in [0.3, 0.4) is 0 Å². The van der Waals surface area contributed by atoms with E-state index in [0.29, 0.717) is 0 Å². The van der Waals surface area contributed by atoms with Crippen LogP contribution in [0.25, 0.3) is 11.1 Å². The second kappa shape index (κ2) is 7.08. The molecule has 2 aromatic carbocycles. The van der Waals surface area contributed by atoms with E-state index in [4.69, 9.17) is 4.42 Å². The Hall–Kier alpha value is -3.21. The van der Waals surface area contributed by atoms with E-state index >= 15 is 0 Å². The lowest BCUT2D eigenvalue weighted by atomic mass is 10.2. The summed E-state index contributed by atoms with van der Waals surface area (Å²) in [6, 6.07) is 11.2. The highest BCUT2D eigenvalue weighted by Crippen LogP contribution is 2.23. The third-order valence-corrected chi connectivity index (χ3v) is 4.63. The van der Waals surface area contributed by atoms with E-state index in [-0.39, 0.29) is 16.0 Å². The molecule has 0 spiro atoms. The highest BCUT2D eigenvalue weighted by Gasteiger charge is 2.45. The number of benzene rings is 2. The van der Waals surface area contributed by atoms with Crippen LogP contribution in [-0.2, 0) is 19.2 Å². The first-order valence-electron chi connectivity index (χ1n) is 7.64. The summed E-state index contributed by atoms with van der Waals surface area (Å²) >= 11 is 0. The summed E-state index contributed by atoms with van der Waals surface area (Å²) in [6.45, 7) is 1.71. The number of halogens is 3. The molecule has 3 aromatic rings. The number of Topliss-reactive ketones (excluding diaryl/α,β-unsaturated/α-hetero) is 1. The van der Waals surface area contributed by atoms with Crippen LogP contribution in [0.4, 0.5) is 13.2 Å². The molecule has 0 N–H and O–H groups in total. The van der Waals surface area contributed by atoms with E-state index in [0.717, 1.165) is 5.56 Å². The van der Waals surface area contributed by atoms with Crippen LogP contribution < -0.4 is 0 Å². The molecule has 0 aliphatic rings. The van der Waals surface area contributed by atoms with E-state index in [1.807, 2.05) is 0 Å². The van der Waals surface area contributed by atoms with Crippen molar-refractivity contribution in [3.05, 3.63) is 60.0 Å². The van der Waals surface area contributed by atoms with E-state index in [1.54, 1.807) is 13.0 Å². The van der Waals surface area contributed by atoms with Gasteiger partial charge in [0.05, 0.1) is 0 Å². The van der Waals surface area contributed by atoms with Gasteiger partial charge in [-0.25, -0.2) is 4.98 Å². The Labute approximate surface area is 156 Å². The Bertz CT molecular complexity index is 1130. The van der Waals surface area contributed by atoms with Crippen LogP contribution in [0, 0.1) is 6.92 Å². The molecule has 0 aliphatic carbocycles. The van der Waals surface area contributed by atoms with Crippen LogP contribution >= 0.6 is 0 Å². The molecule has 0 amide bonds. The van der Waals surface area contributed by atoms with Gasteiger partial charge in [-0.15, -0.1) is 0 Å². The van der Waals surface area contributed by atoms with Gasteiger partial charge in [0.25, 0.3) is 11.7 Å². The maximum absolute atomic E-state index is 12.9. The average molecular weight is 412 g/mol. The fraction of sp³-hybridized carbons (Fsp3) is 0.118. The smallest absolute Gasteiger partial charge is 0.435 e. The molecule has 1 aromatic heterocycles. The Morgan fingerprint density at radius 3 is 2.36 bits per heavy atom. The average Bonchev–Trinajstić information content (AvgIpc) is 3.05. The topological polar surface area (TPSA) is 98.8 Å². The summed E-state index contributed by atoms with van der Waals surface area (Å²) in [5.41, 5.74) is -0.426. The molecule has 0 fully saturated rings. The van der Waals surface area contributed by atoms with Crippen molar-refractivity contribution in [3.63, 3.8) is 0 Å². The summed E-state index contributed by atoms with van der Waals surface area (Å²) in [5.74, 6) is -3.28. The zero-order valence-corrected chi connectivity index (χ0v) is 14.9. The Morgan fingerprint density at radius 1 is 1.11 bits per heavy atom. The normalized spacial score (nSPS) is 12.9. The molecule has 0 unspecified atom stereocenters. The fourth-order valence-electron chi connectivity index (χ4n) is 2.12. The highest BCUT2D eigenvalue weighted by atomic mass is 32.2. The number of hydrogen-bond acceptors (Lipinski definition) is 7. The third-order valence-electron chi connectivity index (χ3n) is 3.51. The summed E-state index contributed by atoms with van der Waals surface area (Å²) in [5, 5.41) is 2.93. The summed E-state index contributed by atoms with van der Waals surface area (Å²) in [4.78, 5) is 15.1. The first-order chi connectivity index (χ1) is 13.1. The molecule has 0 saturated heterocycles. The minimum atomic E-state index is -5.35. The molecule has 1 heterocycles. The van der Waals surface area contributed by atoms with Gasteiger partial charge in [-0.3, -0.25) is 9.08 Å². The van der Waals surface area contributed by atoms with Crippen molar-refractivity contribution in [1.82, 2.24) is 4.98 Å². The molecule has 0 saturated carbocycles. The van der Waals surface area contributed by atoms with Gasteiger partial charge in [0.2, 0.25) is 5.71 Å². The minimum Gasteiger partial charge on any atom is -0.435 e. The van der Waals surface area contributed by atoms with Crippen molar-refractivity contribution >= 4 is 32.7 Å². The van der Waals surface area contributed by atoms with Crippen molar-refractivity contribution in [3.8, 4) is 0 Å². The maximum atomic E-state index is 12.9. The molecule has 7 nitrogen and oxygen atoms in total. The number of oxime groups is 1. The van der Waals surface area contributed by atoms with Gasteiger partial charge in [-0.05, 0) is 31.2 Å². The van der Waals surface area contributed by atoms with Crippen LogP contribution in [0.5, 0.6) is 0 Å². The number of hydrogen-bond donors (Lipinski definition) is 0. The number of alkyl halides is 3. The SMILES string of the molecule is Cc1ccc(S(=O)(=O)ON=C(C(=O)C(F)(F)F)c2nc3ccccc3o2)cc1. The monoisotopic (exact) mass is 412 g/mol. The van der Waals surface area contributed by atoms with Crippen LogP contribution in [0.1, 0.15) is 11.5 Å². The van der Waals surface area contributed by atoms with Gasteiger partial charge in [0.1, 0.15) is 10.4 Å². The molecule has 3 rings (SSSR count). The first kappa shape index (κ1) is 19.5. The molecule has 11 heteroatoms. The zero-order valence-electron chi connectivity index (χ0n) is 14.1. The minimum absolute atomic E-state index is 0.0848. The van der Waals surface area contributed by atoms with Crippen molar-refractivity contribution in [2.75, 3.05) is 0 Å². The molecular formula is C17H11F3N2O5S. The van der Waals surface area contributed by atoms with E-state index in [9.17, 15) is 26.4 Å². The summed E-state index contributed by atoms with van der Waals surface area (Å²) in [7, 11) is -4.57. The number of oxazole rings is 1. The number of aromatic nitrogens is 1. The van der Waals surface area contributed by atoms with Crippen LogP contribution in [0.15, 0.2) is 63.0 Å². The number of nitrogens with zero attached hydrogens (tertiary/aromatic N) is 2. The lowest BCUT2D eigenvalue weighted by Crippen LogP contribution is -2.32. The predicted octanol–water partition coefficient (Wildman–Crippen LogP) is 3.38. The predicted molar refractivity (Wildman–Crippen MR) is 91.1 cm³/mol. The van der Waals surface area contributed by atoms with Crippen LogP contribution in [0.2, 0.25) is 0 Å².